The van der Waals surface area contributed by atoms with Crippen LogP contribution < -0.4 is 0 Å². The lowest BCUT2D eigenvalue weighted by molar-refractivity contribution is -0.109. The highest BCUT2D eigenvalue weighted by molar-refractivity contribution is 5.50. The summed E-state index contributed by atoms with van der Waals surface area (Å²) < 4.78 is 1.63. The van der Waals surface area contributed by atoms with Crippen LogP contribution >= 0.6 is 0 Å². The normalized spacial score (nSPS) is 11.5. The first kappa shape index (κ1) is 8.83. The number of tetrazole rings is 1. The molecule has 0 spiro atoms. The van der Waals surface area contributed by atoms with Gasteiger partial charge in [0.1, 0.15) is 12.6 Å². The topological polar surface area (TPSA) is 60.7 Å². The van der Waals surface area contributed by atoms with Gasteiger partial charge in [0.05, 0.1) is 6.54 Å². The van der Waals surface area contributed by atoms with E-state index in [-0.39, 0.29) is 5.41 Å². The van der Waals surface area contributed by atoms with E-state index >= 15 is 0 Å². The fourth-order valence-corrected chi connectivity index (χ4v) is 0.981. The number of aldehydes is 1. The Hall–Kier alpha value is -1.26. The van der Waals surface area contributed by atoms with Crippen molar-refractivity contribution < 1.29 is 4.79 Å². The quantitative estimate of drug-likeness (QED) is 0.606. The first-order valence-electron chi connectivity index (χ1n) is 3.78. The zero-order chi connectivity index (χ0) is 9.03. The Labute approximate surface area is 70.8 Å². The van der Waals surface area contributed by atoms with Crippen LogP contribution in [0.25, 0.3) is 0 Å². The maximum absolute atomic E-state index is 10.3. The van der Waals surface area contributed by atoms with E-state index in [9.17, 15) is 4.79 Å². The first-order valence-corrected chi connectivity index (χ1v) is 3.78. The van der Waals surface area contributed by atoms with Crippen molar-refractivity contribution in [2.75, 3.05) is 0 Å². The lowest BCUT2D eigenvalue weighted by atomic mass is 9.90. The smallest absolute Gasteiger partial charge is 0.138 e. The van der Waals surface area contributed by atoms with Gasteiger partial charge in [-0.3, -0.25) is 0 Å². The van der Waals surface area contributed by atoms with Gasteiger partial charge in [-0.05, 0) is 15.8 Å². The van der Waals surface area contributed by atoms with E-state index in [1.54, 1.807) is 11.0 Å². The average Bonchev–Trinajstić information content (AvgIpc) is 2.38. The van der Waals surface area contributed by atoms with Gasteiger partial charge in [0.25, 0.3) is 0 Å². The Morgan fingerprint density at radius 3 is 2.83 bits per heavy atom. The largest absolute Gasteiger partial charge is 0.303 e. The van der Waals surface area contributed by atoms with Crippen LogP contribution in [-0.2, 0) is 11.3 Å². The molecule has 0 saturated carbocycles. The minimum absolute atomic E-state index is 0.0723. The van der Waals surface area contributed by atoms with Crippen molar-refractivity contribution in [2.45, 2.75) is 26.8 Å². The van der Waals surface area contributed by atoms with E-state index < -0.39 is 0 Å². The Morgan fingerprint density at radius 1 is 1.58 bits per heavy atom. The van der Waals surface area contributed by atoms with Gasteiger partial charge >= 0.3 is 0 Å². The summed E-state index contributed by atoms with van der Waals surface area (Å²) in [4.78, 5) is 10.3. The standard InChI is InChI=1S/C7H12N4O/c1-7(2,3-4-12)5-11-6-8-9-10-11/h4,6H,3,5H2,1-2H3. The van der Waals surface area contributed by atoms with E-state index in [0.29, 0.717) is 13.0 Å². The Kier molecular flexibility index (Phi) is 2.52. The fraction of sp³-hybridized carbons (Fsp3) is 0.714. The summed E-state index contributed by atoms with van der Waals surface area (Å²) >= 11 is 0. The predicted molar refractivity (Wildman–Crippen MR) is 42.3 cm³/mol. The summed E-state index contributed by atoms with van der Waals surface area (Å²) in [5.74, 6) is 0. The summed E-state index contributed by atoms with van der Waals surface area (Å²) in [7, 11) is 0. The van der Waals surface area contributed by atoms with Crippen LogP contribution in [0.5, 0.6) is 0 Å². The summed E-state index contributed by atoms with van der Waals surface area (Å²) in [6.07, 6.45) is 2.99. The Balaban J connectivity index is 2.55. The highest BCUT2D eigenvalue weighted by atomic mass is 16.1. The zero-order valence-corrected chi connectivity index (χ0v) is 7.27. The molecule has 0 aliphatic rings. The summed E-state index contributed by atoms with van der Waals surface area (Å²) in [6.45, 7) is 4.67. The molecular formula is C7H12N4O. The summed E-state index contributed by atoms with van der Waals surface area (Å²) in [5.41, 5.74) is -0.0723. The predicted octanol–water partition coefficient (Wildman–Crippen LogP) is 0.288. The van der Waals surface area contributed by atoms with Crippen molar-refractivity contribution in [3.05, 3.63) is 6.33 Å². The number of carbonyl (C=O) groups is 1. The number of carbonyl (C=O) groups excluding carboxylic acids is 1. The molecule has 0 aliphatic heterocycles. The molecule has 66 valence electrons. The molecule has 0 radical (unpaired) electrons. The van der Waals surface area contributed by atoms with Crippen LogP contribution in [0.1, 0.15) is 20.3 Å². The second-order valence-corrected chi connectivity index (χ2v) is 3.54. The van der Waals surface area contributed by atoms with E-state index in [4.69, 9.17) is 0 Å². The molecule has 0 aliphatic carbocycles. The maximum atomic E-state index is 10.3. The fourth-order valence-electron chi connectivity index (χ4n) is 0.981. The molecule has 5 nitrogen and oxygen atoms in total. The molecule has 1 aromatic rings. The number of rotatable bonds is 4. The van der Waals surface area contributed by atoms with E-state index in [1.165, 1.54) is 0 Å². The van der Waals surface area contributed by atoms with Gasteiger partial charge < -0.3 is 4.79 Å². The SMILES string of the molecule is CC(C)(CC=O)Cn1cnnn1. The third-order valence-corrected chi connectivity index (χ3v) is 1.62. The molecule has 0 saturated heterocycles. The molecule has 0 atom stereocenters. The number of hydrogen-bond donors (Lipinski definition) is 0. The van der Waals surface area contributed by atoms with Gasteiger partial charge in [-0.2, -0.15) is 0 Å². The Morgan fingerprint density at radius 2 is 2.33 bits per heavy atom. The van der Waals surface area contributed by atoms with Crippen molar-refractivity contribution >= 4 is 6.29 Å². The van der Waals surface area contributed by atoms with Gasteiger partial charge in [-0.25, -0.2) is 4.68 Å². The lowest BCUT2D eigenvalue weighted by Crippen LogP contribution is -2.20. The van der Waals surface area contributed by atoms with Gasteiger partial charge in [0.2, 0.25) is 0 Å². The zero-order valence-electron chi connectivity index (χ0n) is 7.27. The number of aromatic nitrogens is 4. The molecule has 5 heteroatoms. The second-order valence-electron chi connectivity index (χ2n) is 3.54. The average molecular weight is 168 g/mol. The van der Waals surface area contributed by atoms with Gasteiger partial charge in [0.15, 0.2) is 0 Å². The molecule has 0 amide bonds. The van der Waals surface area contributed by atoms with E-state index in [2.05, 4.69) is 15.5 Å². The number of nitrogens with zero attached hydrogens (tertiary/aromatic N) is 4. The highest BCUT2D eigenvalue weighted by Gasteiger charge is 2.18. The van der Waals surface area contributed by atoms with Crippen molar-refractivity contribution in [3.63, 3.8) is 0 Å². The van der Waals surface area contributed by atoms with Crippen molar-refractivity contribution in [1.29, 1.82) is 0 Å². The lowest BCUT2D eigenvalue weighted by Gasteiger charge is -2.20. The van der Waals surface area contributed by atoms with Crippen molar-refractivity contribution in [3.8, 4) is 0 Å². The molecule has 0 N–H and O–H groups in total. The second kappa shape index (κ2) is 3.42. The molecule has 0 bridgehead atoms. The maximum Gasteiger partial charge on any atom is 0.138 e. The highest BCUT2D eigenvalue weighted by Crippen LogP contribution is 2.20. The summed E-state index contributed by atoms with van der Waals surface area (Å²) in [6, 6.07) is 0. The van der Waals surface area contributed by atoms with Crippen LogP contribution in [0, 0.1) is 5.41 Å². The van der Waals surface area contributed by atoms with Crippen molar-refractivity contribution in [1.82, 2.24) is 20.2 Å². The molecule has 0 aromatic carbocycles. The van der Waals surface area contributed by atoms with Crippen molar-refractivity contribution in [2.24, 2.45) is 5.41 Å². The first-order chi connectivity index (χ1) is 5.64. The molecule has 0 unspecified atom stereocenters. The number of hydrogen-bond acceptors (Lipinski definition) is 4. The minimum Gasteiger partial charge on any atom is -0.303 e. The third kappa shape index (κ3) is 2.41. The van der Waals surface area contributed by atoms with E-state index in [0.717, 1.165) is 6.29 Å². The molecule has 1 heterocycles. The molecule has 12 heavy (non-hydrogen) atoms. The molecule has 1 aromatic heterocycles. The van der Waals surface area contributed by atoms with Crippen LogP contribution in [0.3, 0.4) is 0 Å². The summed E-state index contributed by atoms with van der Waals surface area (Å²) in [5, 5.41) is 10.7. The van der Waals surface area contributed by atoms with Crippen LogP contribution in [0.15, 0.2) is 6.33 Å². The van der Waals surface area contributed by atoms with Gasteiger partial charge in [0, 0.05) is 6.42 Å². The monoisotopic (exact) mass is 168 g/mol. The van der Waals surface area contributed by atoms with Gasteiger partial charge in [-0.15, -0.1) is 5.10 Å². The molecule has 1 rings (SSSR count). The van der Waals surface area contributed by atoms with Crippen LogP contribution in [0.2, 0.25) is 0 Å². The van der Waals surface area contributed by atoms with E-state index in [1.807, 2.05) is 13.8 Å². The van der Waals surface area contributed by atoms with Gasteiger partial charge in [-0.1, -0.05) is 13.8 Å². The Bertz CT molecular complexity index is 242. The minimum atomic E-state index is -0.0723. The van der Waals surface area contributed by atoms with Crippen LogP contribution in [0.4, 0.5) is 0 Å². The third-order valence-electron chi connectivity index (χ3n) is 1.62. The molecular weight excluding hydrogens is 156 g/mol. The van der Waals surface area contributed by atoms with Crippen LogP contribution in [-0.4, -0.2) is 26.5 Å². The molecule has 0 fully saturated rings.